The highest BCUT2D eigenvalue weighted by Crippen LogP contribution is 2.40. The summed E-state index contributed by atoms with van der Waals surface area (Å²) in [6.45, 7) is 4.20. The van der Waals surface area contributed by atoms with E-state index in [1.165, 1.54) is 9.75 Å². The summed E-state index contributed by atoms with van der Waals surface area (Å²) in [5.74, 6) is 1.35. The number of nitrogen functional groups attached to an aromatic ring is 1. The summed E-state index contributed by atoms with van der Waals surface area (Å²) in [5, 5.41) is 0. The monoisotopic (exact) mass is 263 g/mol. The number of aryl methyl sites for hydroxylation is 2. The van der Waals surface area contributed by atoms with Crippen molar-refractivity contribution in [2.24, 2.45) is 0 Å². The molecule has 0 spiro atoms. The topological polar surface area (TPSA) is 44.5 Å². The standard InChI is InChI=1S/C14H17NO2S/c1-8-5-10(9(2)18-8)11-6-13(16-3)14(17-4)7-12(11)15/h5-7H,15H2,1-4H3. The Balaban J connectivity index is 2.61. The first-order chi connectivity index (χ1) is 8.56. The minimum atomic E-state index is 0.656. The Morgan fingerprint density at radius 2 is 1.56 bits per heavy atom. The molecule has 0 aliphatic rings. The van der Waals surface area contributed by atoms with Gasteiger partial charge in [0.25, 0.3) is 0 Å². The molecule has 1 heterocycles. The first-order valence-electron chi connectivity index (χ1n) is 5.65. The van der Waals surface area contributed by atoms with Crippen LogP contribution < -0.4 is 15.2 Å². The molecule has 1 aromatic heterocycles. The zero-order valence-corrected chi connectivity index (χ0v) is 11.9. The fraction of sp³-hybridized carbons (Fsp3) is 0.286. The third-order valence-electron chi connectivity index (χ3n) is 2.89. The summed E-state index contributed by atoms with van der Waals surface area (Å²) < 4.78 is 10.6. The third-order valence-corrected chi connectivity index (χ3v) is 3.85. The van der Waals surface area contributed by atoms with Crippen LogP contribution in [0, 0.1) is 13.8 Å². The van der Waals surface area contributed by atoms with Crippen LogP contribution in [-0.4, -0.2) is 14.2 Å². The highest BCUT2D eigenvalue weighted by Gasteiger charge is 2.13. The summed E-state index contributed by atoms with van der Waals surface area (Å²) >= 11 is 1.77. The van der Waals surface area contributed by atoms with Gasteiger partial charge in [-0.25, -0.2) is 0 Å². The van der Waals surface area contributed by atoms with E-state index >= 15 is 0 Å². The van der Waals surface area contributed by atoms with E-state index in [2.05, 4.69) is 19.9 Å². The van der Waals surface area contributed by atoms with Crippen LogP contribution in [-0.2, 0) is 0 Å². The van der Waals surface area contributed by atoms with Crippen molar-refractivity contribution in [3.05, 3.63) is 28.0 Å². The maximum atomic E-state index is 6.10. The highest BCUT2D eigenvalue weighted by atomic mass is 32.1. The van der Waals surface area contributed by atoms with Gasteiger partial charge in [0, 0.05) is 27.1 Å². The van der Waals surface area contributed by atoms with Gasteiger partial charge in [-0.15, -0.1) is 11.3 Å². The van der Waals surface area contributed by atoms with Crippen LogP contribution in [0.5, 0.6) is 11.5 Å². The Bertz CT molecular complexity index is 575. The molecule has 0 aliphatic heterocycles. The Hall–Kier alpha value is -1.68. The number of hydrogen-bond acceptors (Lipinski definition) is 4. The number of thiophene rings is 1. The minimum absolute atomic E-state index is 0.656. The summed E-state index contributed by atoms with van der Waals surface area (Å²) in [5.41, 5.74) is 8.96. The Kier molecular flexibility index (Phi) is 3.48. The average molecular weight is 263 g/mol. The molecule has 0 radical (unpaired) electrons. The van der Waals surface area contributed by atoms with Crippen LogP contribution in [0.2, 0.25) is 0 Å². The molecule has 2 N–H and O–H groups in total. The second-order valence-corrected chi connectivity index (χ2v) is 5.58. The van der Waals surface area contributed by atoms with E-state index in [1.54, 1.807) is 31.6 Å². The van der Waals surface area contributed by atoms with Crippen LogP contribution >= 0.6 is 11.3 Å². The maximum Gasteiger partial charge on any atom is 0.162 e. The summed E-state index contributed by atoms with van der Waals surface area (Å²) in [4.78, 5) is 2.53. The van der Waals surface area contributed by atoms with Gasteiger partial charge in [-0.3, -0.25) is 0 Å². The molecule has 96 valence electrons. The molecule has 0 atom stereocenters. The Morgan fingerprint density at radius 1 is 0.944 bits per heavy atom. The number of anilines is 1. The van der Waals surface area contributed by atoms with Crippen molar-refractivity contribution in [2.75, 3.05) is 20.0 Å². The number of rotatable bonds is 3. The van der Waals surface area contributed by atoms with Gasteiger partial charge in [-0.05, 0) is 31.5 Å². The molecule has 0 fully saturated rings. The maximum absolute atomic E-state index is 6.10. The van der Waals surface area contributed by atoms with Gasteiger partial charge in [-0.1, -0.05) is 0 Å². The van der Waals surface area contributed by atoms with Crippen LogP contribution in [0.3, 0.4) is 0 Å². The predicted octanol–water partition coefficient (Wildman–Crippen LogP) is 3.63. The largest absolute Gasteiger partial charge is 0.493 e. The number of nitrogens with two attached hydrogens (primary N) is 1. The lowest BCUT2D eigenvalue weighted by molar-refractivity contribution is 0.355. The summed E-state index contributed by atoms with van der Waals surface area (Å²) in [6.07, 6.45) is 0. The molecule has 1 aromatic carbocycles. The molecule has 0 bridgehead atoms. The van der Waals surface area contributed by atoms with Crippen molar-refractivity contribution in [3.8, 4) is 22.6 Å². The lowest BCUT2D eigenvalue weighted by atomic mass is 10.0. The molecule has 3 nitrogen and oxygen atoms in total. The Morgan fingerprint density at radius 3 is 2.06 bits per heavy atom. The highest BCUT2D eigenvalue weighted by molar-refractivity contribution is 7.12. The molecule has 0 saturated carbocycles. The van der Waals surface area contributed by atoms with Crippen molar-refractivity contribution in [2.45, 2.75) is 13.8 Å². The van der Waals surface area contributed by atoms with Crippen molar-refractivity contribution in [1.82, 2.24) is 0 Å². The van der Waals surface area contributed by atoms with Crippen molar-refractivity contribution in [3.63, 3.8) is 0 Å². The number of methoxy groups -OCH3 is 2. The average Bonchev–Trinajstić information content (AvgIpc) is 2.68. The van der Waals surface area contributed by atoms with Gasteiger partial charge in [-0.2, -0.15) is 0 Å². The fourth-order valence-corrected chi connectivity index (χ4v) is 2.96. The predicted molar refractivity (Wildman–Crippen MR) is 76.7 cm³/mol. The molecule has 0 aliphatic carbocycles. The Labute approximate surface area is 111 Å². The van der Waals surface area contributed by atoms with Gasteiger partial charge in [0.2, 0.25) is 0 Å². The molecular formula is C14H17NO2S. The second-order valence-electron chi connectivity index (χ2n) is 4.12. The van der Waals surface area contributed by atoms with Crippen molar-refractivity contribution in [1.29, 1.82) is 0 Å². The van der Waals surface area contributed by atoms with Crippen molar-refractivity contribution < 1.29 is 9.47 Å². The van der Waals surface area contributed by atoms with Crippen LogP contribution in [0.25, 0.3) is 11.1 Å². The molecule has 0 saturated heterocycles. The smallest absolute Gasteiger partial charge is 0.162 e. The summed E-state index contributed by atoms with van der Waals surface area (Å²) in [6, 6.07) is 5.89. The van der Waals surface area contributed by atoms with Crippen LogP contribution in [0.15, 0.2) is 18.2 Å². The lowest BCUT2D eigenvalue weighted by Gasteiger charge is -2.12. The van der Waals surface area contributed by atoms with E-state index in [9.17, 15) is 0 Å². The van der Waals surface area contributed by atoms with Crippen LogP contribution in [0.4, 0.5) is 5.69 Å². The summed E-state index contributed by atoms with van der Waals surface area (Å²) in [7, 11) is 3.24. The van der Waals surface area contributed by atoms with E-state index < -0.39 is 0 Å². The normalized spacial score (nSPS) is 10.4. The zero-order chi connectivity index (χ0) is 13.3. The number of benzene rings is 1. The van der Waals surface area contributed by atoms with Gasteiger partial charge in [0.15, 0.2) is 11.5 Å². The molecule has 2 aromatic rings. The van der Waals surface area contributed by atoms with Crippen LogP contribution in [0.1, 0.15) is 9.75 Å². The first kappa shape index (κ1) is 12.8. The van der Waals surface area contributed by atoms with Gasteiger partial charge in [0.05, 0.1) is 14.2 Å². The van der Waals surface area contributed by atoms with Gasteiger partial charge in [0.1, 0.15) is 0 Å². The molecule has 0 amide bonds. The van der Waals surface area contributed by atoms with E-state index in [-0.39, 0.29) is 0 Å². The quantitative estimate of drug-likeness (QED) is 0.860. The van der Waals surface area contributed by atoms with Crippen molar-refractivity contribution >= 4 is 17.0 Å². The SMILES string of the molecule is COc1cc(N)c(-c2cc(C)sc2C)cc1OC. The van der Waals surface area contributed by atoms with E-state index in [1.807, 2.05) is 6.07 Å². The second kappa shape index (κ2) is 4.90. The minimum Gasteiger partial charge on any atom is -0.493 e. The fourth-order valence-electron chi connectivity index (χ4n) is 2.03. The molecule has 0 unspecified atom stereocenters. The number of hydrogen-bond donors (Lipinski definition) is 1. The van der Waals surface area contributed by atoms with E-state index in [0.29, 0.717) is 17.2 Å². The van der Waals surface area contributed by atoms with E-state index in [4.69, 9.17) is 15.2 Å². The third kappa shape index (κ3) is 2.16. The van der Waals surface area contributed by atoms with Gasteiger partial charge >= 0.3 is 0 Å². The molecular weight excluding hydrogens is 246 g/mol. The molecule has 2 rings (SSSR count). The first-order valence-corrected chi connectivity index (χ1v) is 6.47. The zero-order valence-electron chi connectivity index (χ0n) is 11.0. The lowest BCUT2D eigenvalue weighted by Crippen LogP contribution is -1.96. The van der Waals surface area contributed by atoms with Gasteiger partial charge < -0.3 is 15.2 Å². The molecule has 18 heavy (non-hydrogen) atoms. The van der Waals surface area contributed by atoms with E-state index in [0.717, 1.165) is 11.1 Å². The molecule has 4 heteroatoms. The number of ether oxygens (including phenoxy) is 2.